The van der Waals surface area contributed by atoms with Crippen molar-refractivity contribution in [1.82, 2.24) is 10.2 Å². The van der Waals surface area contributed by atoms with Crippen LogP contribution in [0.1, 0.15) is 25.3 Å². The van der Waals surface area contributed by atoms with E-state index in [9.17, 15) is 0 Å². The van der Waals surface area contributed by atoms with E-state index >= 15 is 0 Å². The average molecular weight is 262 g/mol. The minimum Gasteiger partial charge on any atom is -0.379 e. The van der Waals surface area contributed by atoms with Crippen LogP contribution >= 0.6 is 0 Å². The van der Waals surface area contributed by atoms with Crippen molar-refractivity contribution in [3.8, 4) is 0 Å². The van der Waals surface area contributed by atoms with Crippen molar-refractivity contribution in [2.45, 2.75) is 25.8 Å². The minimum absolute atomic E-state index is 0.532. The van der Waals surface area contributed by atoms with Crippen molar-refractivity contribution in [3.05, 3.63) is 35.9 Å². The normalized spacial score (nSPS) is 20.1. The molecule has 0 amide bonds. The maximum atomic E-state index is 5.38. The molecule has 1 fully saturated rings. The van der Waals surface area contributed by atoms with Gasteiger partial charge in [0.1, 0.15) is 0 Å². The SMILES string of the molecule is CC(CN1CCOCC1)NCC(C)c1ccccc1. The van der Waals surface area contributed by atoms with Gasteiger partial charge in [0, 0.05) is 32.2 Å². The minimum atomic E-state index is 0.532. The summed E-state index contributed by atoms with van der Waals surface area (Å²) in [5.74, 6) is 0.563. The van der Waals surface area contributed by atoms with Gasteiger partial charge >= 0.3 is 0 Å². The fraction of sp³-hybridized carbons (Fsp3) is 0.625. The Hall–Kier alpha value is -0.900. The summed E-state index contributed by atoms with van der Waals surface area (Å²) in [7, 11) is 0. The third-order valence-electron chi connectivity index (χ3n) is 3.78. The number of ether oxygens (including phenoxy) is 1. The Morgan fingerprint density at radius 2 is 1.84 bits per heavy atom. The zero-order valence-electron chi connectivity index (χ0n) is 12.1. The smallest absolute Gasteiger partial charge is 0.0594 e. The van der Waals surface area contributed by atoms with Gasteiger partial charge in [-0.25, -0.2) is 0 Å². The first-order valence-corrected chi connectivity index (χ1v) is 7.34. The second-order valence-electron chi connectivity index (χ2n) is 5.53. The van der Waals surface area contributed by atoms with Crippen LogP contribution in [0.2, 0.25) is 0 Å². The van der Waals surface area contributed by atoms with Gasteiger partial charge in [-0.1, -0.05) is 37.3 Å². The molecule has 2 rings (SSSR count). The predicted octanol–water partition coefficient (Wildman–Crippen LogP) is 2.10. The Morgan fingerprint density at radius 3 is 2.53 bits per heavy atom. The van der Waals surface area contributed by atoms with E-state index in [2.05, 4.69) is 54.4 Å². The molecule has 19 heavy (non-hydrogen) atoms. The van der Waals surface area contributed by atoms with Gasteiger partial charge in [0.15, 0.2) is 0 Å². The highest BCUT2D eigenvalue weighted by molar-refractivity contribution is 5.18. The number of hydrogen-bond acceptors (Lipinski definition) is 3. The molecule has 3 nitrogen and oxygen atoms in total. The molecule has 1 aliphatic heterocycles. The van der Waals surface area contributed by atoms with Gasteiger partial charge in [0.05, 0.1) is 13.2 Å². The number of morpholine rings is 1. The van der Waals surface area contributed by atoms with Gasteiger partial charge in [0.25, 0.3) is 0 Å². The Morgan fingerprint density at radius 1 is 1.16 bits per heavy atom. The van der Waals surface area contributed by atoms with Crippen molar-refractivity contribution in [1.29, 1.82) is 0 Å². The summed E-state index contributed by atoms with van der Waals surface area (Å²) in [4.78, 5) is 2.48. The van der Waals surface area contributed by atoms with Crippen molar-refractivity contribution in [2.24, 2.45) is 0 Å². The van der Waals surface area contributed by atoms with Gasteiger partial charge in [0.2, 0.25) is 0 Å². The second kappa shape index (κ2) is 7.63. The van der Waals surface area contributed by atoms with Crippen LogP contribution < -0.4 is 5.32 Å². The van der Waals surface area contributed by atoms with Gasteiger partial charge < -0.3 is 10.1 Å². The lowest BCUT2D eigenvalue weighted by molar-refractivity contribution is 0.0344. The van der Waals surface area contributed by atoms with Crippen molar-refractivity contribution >= 4 is 0 Å². The lowest BCUT2D eigenvalue weighted by Gasteiger charge is -2.30. The quantitative estimate of drug-likeness (QED) is 0.849. The zero-order valence-corrected chi connectivity index (χ0v) is 12.1. The van der Waals surface area contributed by atoms with E-state index in [4.69, 9.17) is 4.74 Å². The Balaban J connectivity index is 1.69. The highest BCUT2D eigenvalue weighted by atomic mass is 16.5. The molecule has 3 heteroatoms. The molecule has 1 N–H and O–H groups in total. The van der Waals surface area contributed by atoms with Crippen molar-refractivity contribution < 1.29 is 4.74 Å². The maximum absolute atomic E-state index is 5.38. The molecular formula is C16H26N2O. The fourth-order valence-electron chi connectivity index (χ4n) is 2.51. The van der Waals surface area contributed by atoms with Crippen LogP contribution in [-0.2, 0) is 4.74 Å². The highest BCUT2D eigenvalue weighted by Crippen LogP contribution is 2.13. The first-order valence-electron chi connectivity index (χ1n) is 7.34. The molecule has 0 spiro atoms. The first kappa shape index (κ1) is 14.5. The molecule has 2 atom stereocenters. The monoisotopic (exact) mass is 262 g/mol. The second-order valence-corrected chi connectivity index (χ2v) is 5.53. The van der Waals surface area contributed by atoms with Crippen LogP contribution in [0.5, 0.6) is 0 Å². The van der Waals surface area contributed by atoms with E-state index < -0.39 is 0 Å². The van der Waals surface area contributed by atoms with Crippen molar-refractivity contribution in [2.75, 3.05) is 39.4 Å². The summed E-state index contributed by atoms with van der Waals surface area (Å²) in [6, 6.07) is 11.2. The molecule has 0 aromatic heterocycles. The van der Waals surface area contributed by atoms with E-state index in [1.807, 2.05) is 0 Å². The summed E-state index contributed by atoms with van der Waals surface area (Å²) >= 11 is 0. The molecular weight excluding hydrogens is 236 g/mol. The van der Waals surface area contributed by atoms with E-state index in [-0.39, 0.29) is 0 Å². The van der Waals surface area contributed by atoms with Crippen LogP contribution in [0.4, 0.5) is 0 Å². The molecule has 1 aromatic rings. The van der Waals surface area contributed by atoms with E-state index in [0.29, 0.717) is 12.0 Å². The fourth-order valence-corrected chi connectivity index (χ4v) is 2.51. The van der Waals surface area contributed by atoms with E-state index in [0.717, 1.165) is 39.4 Å². The molecule has 1 aromatic carbocycles. The van der Waals surface area contributed by atoms with Crippen LogP contribution in [0.25, 0.3) is 0 Å². The topological polar surface area (TPSA) is 24.5 Å². The molecule has 0 radical (unpaired) electrons. The van der Waals surface area contributed by atoms with Crippen LogP contribution in [0, 0.1) is 0 Å². The molecule has 0 saturated carbocycles. The van der Waals surface area contributed by atoms with Gasteiger partial charge in [-0.05, 0) is 18.4 Å². The number of hydrogen-bond donors (Lipinski definition) is 1. The van der Waals surface area contributed by atoms with Gasteiger partial charge in [-0.2, -0.15) is 0 Å². The number of benzene rings is 1. The van der Waals surface area contributed by atoms with Crippen LogP contribution in [0.15, 0.2) is 30.3 Å². The molecule has 1 heterocycles. The molecule has 106 valence electrons. The molecule has 1 saturated heterocycles. The van der Waals surface area contributed by atoms with E-state index in [1.165, 1.54) is 5.56 Å². The molecule has 1 aliphatic rings. The number of rotatable bonds is 6. The first-order chi connectivity index (χ1) is 9.25. The molecule has 2 unspecified atom stereocenters. The summed E-state index contributed by atoms with van der Waals surface area (Å²) in [5.41, 5.74) is 1.41. The van der Waals surface area contributed by atoms with E-state index in [1.54, 1.807) is 0 Å². The molecule has 0 bridgehead atoms. The average Bonchev–Trinajstić information content (AvgIpc) is 2.47. The Bertz CT molecular complexity index is 349. The summed E-state index contributed by atoms with van der Waals surface area (Å²) in [6.45, 7) is 10.6. The maximum Gasteiger partial charge on any atom is 0.0594 e. The lowest BCUT2D eigenvalue weighted by Crippen LogP contribution is -2.45. The lowest BCUT2D eigenvalue weighted by atomic mass is 10.0. The van der Waals surface area contributed by atoms with Crippen LogP contribution in [0.3, 0.4) is 0 Å². The Kier molecular flexibility index (Phi) is 5.83. The summed E-state index contributed by atoms with van der Waals surface area (Å²) < 4.78 is 5.38. The zero-order chi connectivity index (χ0) is 13.5. The third kappa shape index (κ3) is 4.94. The number of nitrogens with one attached hydrogen (secondary N) is 1. The number of nitrogens with zero attached hydrogens (tertiary/aromatic N) is 1. The Labute approximate surface area is 116 Å². The largest absolute Gasteiger partial charge is 0.379 e. The van der Waals surface area contributed by atoms with Crippen molar-refractivity contribution in [3.63, 3.8) is 0 Å². The van der Waals surface area contributed by atoms with Crippen LogP contribution in [-0.4, -0.2) is 50.3 Å². The standard InChI is InChI=1S/C16H26N2O/c1-14(16-6-4-3-5-7-16)12-17-15(2)13-18-8-10-19-11-9-18/h3-7,14-15,17H,8-13H2,1-2H3. The third-order valence-corrected chi connectivity index (χ3v) is 3.78. The highest BCUT2D eigenvalue weighted by Gasteiger charge is 2.14. The van der Waals surface area contributed by atoms with Gasteiger partial charge in [-0.15, -0.1) is 0 Å². The summed E-state index contributed by atoms with van der Waals surface area (Å²) in [6.07, 6.45) is 0. The van der Waals surface area contributed by atoms with Gasteiger partial charge in [-0.3, -0.25) is 4.90 Å². The predicted molar refractivity (Wildman–Crippen MR) is 79.6 cm³/mol. The summed E-state index contributed by atoms with van der Waals surface area (Å²) in [5, 5.41) is 3.65. The molecule has 0 aliphatic carbocycles.